The van der Waals surface area contributed by atoms with Gasteiger partial charge in [-0.15, -0.1) is 0 Å². The predicted octanol–water partition coefficient (Wildman–Crippen LogP) is 5.68. The number of ether oxygens (including phenoxy) is 1. The number of benzene rings is 2. The number of carbonyl (C=O) groups is 1. The molecule has 2 saturated heterocycles. The molecule has 2 heterocycles. The minimum Gasteiger partial charge on any atom is -0.444 e. The van der Waals surface area contributed by atoms with Crippen LogP contribution in [0.4, 0.5) is 18.0 Å². The summed E-state index contributed by atoms with van der Waals surface area (Å²) in [6, 6.07) is 10.0. The molecule has 0 saturated carbocycles. The monoisotopic (exact) mass is 446 g/mol. The zero-order valence-electron chi connectivity index (χ0n) is 18.7. The summed E-state index contributed by atoms with van der Waals surface area (Å²) in [5, 5.41) is 0. The van der Waals surface area contributed by atoms with Crippen LogP contribution in [0.25, 0.3) is 0 Å². The smallest absolute Gasteiger partial charge is 0.410 e. The van der Waals surface area contributed by atoms with Crippen LogP contribution in [0.5, 0.6) is 0 Å². The molecule has 0 aliphatic carbocycles. The molecule has 0 radical (unpaired) electrons. The van der Waals surface area contributed by atoms with E-state index < -0.39 is 17.2 Å². The molecule has 172 valence electrons. The zero-order valence-corrected chi connectivity index (χ0v) is 18.7. The summed E-state index contributed by atoms with van der Waals surface area (Å²) in [5.41, 5.74) is 0.757. The molecule has 4 rings (SSSR count). The lowest BCUT2D eigenvalue weighted by Gasteiger charge is -2.60. The molecular formula is C25H29F3N2O2. The van der Waals surface area contributed by atoms with Crippen molar-refractivity contribution in [2.75, 3.05) is 19.6 Å². The van der Waals surface area contributed by atoms with Gasteiger partial charge in [-0.3, -0.25) is 4.90 Å². The average molecular weight is 447 g/mol. The lowest BCUT2D eigenvalue weighted by Crippen LogP contribution is -2.62. The number of hydrogen-bond acceptors (Lipinski definition) is 3. The second-order valence-electron chi connectivity index (χ2n) is 9.92. The van der Waals surface area contributed by atoms with Crippen LogP contribution in [0, 0.1) is 22.9 Å². The molecule has 2 aromatic carbocycles. The Morgan fingerprint density at radius 3 is 2.25 bits per heavy atom. The third-order valence-electron chi connectivity index (χ3n) is 6.45. The van der Waals surface area contributed by atoms with Gasteiger partial charge in [-0.25, -0.2) is 18.0 Å². The van der Waals surface area contributed by atoms with Gasteiger partial charge >= 0.3 is 6.09 Å². The van der Waals surface area contributed by atoms with Gasteiger partial charge in [-0.1, -0.05) is 18.2 Å². The number of likely N-dealkylation sites (tertiary alicyclic amines) is 2. The first-order chi connectivity index (χ1) is 15.1. The molecule has 32 heavy (non-hydrogen) atoms. The number of nitrogens with zero attached hydrogens (tertiary/aromatic N) is 2. The van der Waals surface area contributed by atoms with Crippen LogP contribution < -0.4 is 0 Å². The van der Waals surface area contributed by atoms with Crippen LogP contribution in [0.15, 0.2) is 42.5 Å². The predicted molar refractivity (Wildman–Crippen MR) is 115 cm³/mol. The van der Waals surface area contributed by atoms with E-state index in [1.807, 2.05) is 20.8 Å². The van der Waals surface area contributed by atoms with Gasteiger partial charge in [0.15, 0.2) is 0 Å². The van der Waals surface area contributed by atoms with Gasteiger partial charge < -0.3 is 9.64 Å². The van der Waals surface area contributed by atoms with Crippen LogP contribution in [-0.2, 0) is 11.3 Å². The van der Waals surface area contributed by atoms with E-state index in [0.717, 1.165) is 31.0 Å². The van der Waals surface area contributed by atoms with Gasteiger partial charge in [0.1, 0.15) is 23.1 Å². The Bertz CT molecular complexity index is 980. The maximum absolute atomic E-state index is 14.3. The molecule has 1 atom stereocenters. The highest BCUT2D eigenvalue weighted by Crippen LogP contribution is 2.55. The van der Waals surface area contributed by atoms with E-state index in [-0.39, 0.29) is 23.4 Å². The van der Waals surface area contributed by atoms with Gasteiger partial charge in [-0.05, 0) is 57.4 Å². The highest BCUT2D eigenvalue weighted by atomic mass is 19.1. The third kappa shape index (κ3) is 4.63. The fraction of sp³-hybridized carbons (Fsp3) is 0.480. The van der Waals surface area contributed by atoms with E-state index in [1.54, 1.807) is 17.0 Å². The molecule has 0 aromatic heterocycles. The SMILES string of the molecule is CC(C)(C)OC(=O)N1CCC2(CC1)CN(Cc1ccc(F)cc1F)C2c1ccc(F)cc1. The van der Waals surface area contributed by atoms with Crippen molar-refractivity contribution >= 4 is 6.09 Å². The van der Waals surface area contributed by atoms with Crippen molar-refractivity contribution in [3.63, 3.8) is 0 Å². The minimum atomic E-state index is -0.601. The molecule has 1 unspecified atom stereocenters. The molecule has 0 bridgehead atoms. The molecule has 4 nitrogen and oxygen atoms in total. The summed E-state index contributed by atoms with van der Waals surface area (Å²) < 4.78 is 46.7. The molecule has 2 aromatic rings. The molecule has 7 heteroatoms. The Morgan fingerprint density at radius 2 is 1.66 bits per heavy atom. The van der Waals surface area contributed by atoms with Crippen LogP contribution in [-0.4, -0.2) is 41.1 Å². The Balaban J connectivity index is 1.52. The van der Waals surface area contributed by atoms with Crippen molar-refractivity contribution in [1.29, 1.82) is 0 Å². The van der Waals surface area contributed by atoms with E-state index in [1.165, 1.54) is 24.3 Å². The molecular weight excluding hydrogens is 417 g/mol. The summed E-state index contributed by atoms with van der Waals surface area (Å²) in [6.07, 6.45) is 1.24. The molecule has 2 fully saturated rings. The van der Waals surface area contributed by atoms with Crippen LogP contribution in [0.2, 0.25) is 0 Å². The first-order valence-corrected chi connectivity index (χ1v) is 11.0. The first-order valence-electron chi connectivity index (χ1n) is 11.0. The normalized spacial score (nSPS) is 20.8. The molecule has 2 aliphatic rings. The molecule has 1 spiro atoms. The number of halogens is 3. The Morgan fingerprint density at radius 1 is 1.03 bits per heavy atom. The third-order valence-corrected chi connectivity index (χ3v) is 6.45. The standard InChI is InChI=1S/C25H29F3N2O2/c1-24(2,3)32-23(31)29-12-10-25(11-13-29)16-30(15-18-6-9-20(27)14-21(18)28)22(25)17-4-7-19(26)8-5-17/h4-9,14,22H,10-13,15-16H2,1-3H3. The quantitative estimate of drug-likeness (QED) is 0.608. The number of hydrogen-bond donors (Lipinski definition) is 0. The number of rotatable bonds is 3. The van der Waals surface area contributed by atoms with Crippen molar-refractivity contribution in [3.8, 4) is 0 Å². The van der Waals surface area contributed by atoms with Crippen molar-refractivity contribution in [2.45, 2.75) is 51.8 Å². The summed E-state index contributed by atoms with van der Waals surface area (Å²) in [7, 11) is 0. The van der Waals surface area contributed by atoms with Crippen molar-refractivity contribution in [1.82, 2.24) is 9.80 Å². The van der Waals surface area contributed by atoms with E-state index in [2.05, 4.69) is 4.90 Å². The van der Waals surface area contributed by atoms with E-state index in [0.29, 0.717) is 25.2 Å². The lowest BCUT2D eigenvalue weighted by molar-refractivity contribution is -0.117. The summed E-state index contributed by atoms with van der Waals surface area (Å²) >= 11 is 0. The zero-order chi connectivity index (χ0) is 23.1. The fourth-order valence-electron chi connectivity index (χ4n) is 4.98. The largest absolute Gasteiger partial charge is 0.444 e. The maximum Gasteiger partial charge on any atom is 0.410 e. The molecule has 1 amide bonds. The van der Waals surface area contributed by atoms with E-state index >= 15 is 0 Å². The summed E-state index contributed by atoms with van der Waals surface area (Å²) in [5.74, 6) is -1.47. The summed E-state index contributed by atoms with van der Waals surface area (Å²) in [6.45, 7) is 7.76. The van der Waals surface area contributed by atoms with Crippen molar-refractivity contribution in [3.05, 3.63) is 71.0 Å². The van der Waals surface area contributed by atoms with Gasteiger partial charge in [0.2, 0.25) is 0 Å². The highest BCUT2D eigenvalue weighted by Gasteiger charge is 2.54. The fourth-order valence-corrected chi connectivity index (χ4v) is 4.98. The second-order valence-corrected chi connectivity index (χ2v) is 9.92. The Hall–Kier alpha value is -2.54. The second kappa shape index (κ2) is 8.43. The van der Waals surface area contributed by atoms with Crippen molar-refractivity contribution < 1.29 is 22.7 Å². The van der Waals surface area contributed by atoms with Crippen molar-refractivity contribution in [2.24, 2.45) is 5.41 Å². The van der Waals surface area contributed by atoms with Crippen LogP contribution in [0.3, 0.4) is 0 Å². The van der Waals surface area contributed by atoms with Gasteiger partial charge in [0.05, 0.1) is 0 Å². The molecule has 0 N–H and O–H groups in total. The van der Waals surface area contributed by atoms with E-state index in [4.69, 9.17) is 4.74 Å². The number of piperidine rings is 1. The number of amides is 1. The van der Waals surface area contributed by atoms with Gasteiger partial charge in [0, 0.05) is 49.3 Å². The highest BCUT2D eigenvalue weighted by molar-refractivity contribution is 5.68. The minimum absolute atomic E-state index is 0.0339. The molecule has 2 aliphatic heterocycles. The average Bonchev–Trinajstić information content (AvgIpc) is 2.70. The topological polar surface area (TPSA) is 32.8 Å². The van der Waals surface area contributed by atoms with Gasteiger partial charge in [-0.2, -0.15) is 0 Å². The maximum atomic E-state index is 14.3. The van der Waals surface area contributed by atoms with Crippen LogP contribution in [0.1, 0.15) is 50.8 Å². The lowest BCUT2D eigenvalue weighted by atomic mass is 9.63. The summed E-state index contributed by atoms with van der Waals surface area (Å²) in [4.78, 5) is 16.4. The Labute approximate surface area is 187 Å². The van der Waals surface area contributed by atoms with Gasteiger partial charge in [0.25, 0.3) is 0 Å². The number of carbonyl (C=O) groups excluding carboxylic acids is 1. The Kier molecular flexibility index (Phi) is 5.96. The van der Waals surface area contributed by atoms with E-state index in [9.17, 15) is 18.0 Å². The first kappa shape index (κ1) is 22.6. The van der Waals surface area contributed by atoms with Crippen LogP contribution >= 0.6 is 0 Å².